The molecule has 0 saturated carbocycles. The van der Waals surface area contributed by atoms with Crippen molar-refractivity contribution in [3.8, 4) is 15.6 Å². The van der Waals surface area contributed by atoms with Crippen LogP contribution in [0.15, 0.2) is 46.0 Å². The average Bonchev–Trinajstić information content (AvgIpc) is 3.31. The van der Waals surface area contributed by atoms with Crippen LogP contribution in [0.5, 0.6) is 5.75 Å². The third kappa shape index (κ3) is 3.48. The molecule has 0 bridgehead atoms. The molecule has 4 rings (SSSR count). The van der Waals surface area contributed by atoms with E-state index in [-0.39, 0.29) is 11.4 Å². The van der Waals surface area contributed by atoms with Crippen LogP contribution in [-0.2, 0) is 16.6 Å². The monoisotopic (exact) mass is 407 g/mol. The quantitative estimate of drug-likeness (QED) is 0.703. The van der Waals surface area contributed by atoms with Gasteiger partial charge in [-0.1, -0.05) is 6.07 Å². The van der Waals surface area contributed by atoms with Gasteiger partial charge in [0.25, 0.3) is 0 Å². The molecule has 0 amide bonds. The zero-order valence-electron chi connectivity index (χ0n) is 14.0. The van der Waals surface area contributed by atoms with Gasteiger partial charge in [-0.2, -0.15) is 0 Å². The second-order valence-corrected chi connectivity index (χ2v) is 9.42. The average molecular weight is 408 g/mol. The number of likely N-dealkylation sites (N-methyl/N-ethyl adjacent to an activating group) is 1. The summed E-state index contributed by atoms with van der Waals surface area (Å²) in [6, 6.07) is 8.90. The maximum atomic E-state index is 12.6. The number of nitrogens with one attached hydrogen (secondary N) is 1. The number of rotatable bonds is 5. The Hall–Kier alpha value is -1.94. The van der Waals surface area contributed by atoms with E-state index < -0.39 is 10.0 Å². The van der Waals surface area contributed by atoms with Gasteiger partial charge in [0.2, 0.25) is 10.0 Å². The van der Waals surface area contributed by atoms with Crippen LogP contribution in [0.25, 0.3) is 9.88 Å². The third-order valence-corrected chi connectivity index (χ3v) is 7.39. The molecule has 1 aliphatic heterocycles. The molecule has 0 unspecified atom stereocenters. The van der Waals surface area contributed by atoms with Crippen molar-refractivity contribution in [2.75, 3.05) is 25.1 Å². The van der Waals surface area contributed by atoms with Gasteiger partial charge in [-0.15, -0.1) is 22.7 Å². The van der Waals surface area contributed by atoms with Crippen LogP contribution in [-0.4, -0.2) is 33.6 Å². The fourth-order valence-corrected chi connectivity index (χ4v) is 5.30. The van der Waals surface area contributed by atoms with Gasteiger partial charge < -0.3 is 9.64 Å². The van der Waals surface area contributed by atoms with E-state index in [9.17, 15) is 8.42 Å². The van der Waals surface area contributed by atoms with Crippen molar-refractivity contribution in [2.24, 2.45) is 0 Å². The molecule has 3 heterocycles. The number of fused-ring (bicyclic) bond motifs is 1. The topological polar surface area (TPSA) is 71.5 Å². The standard InChI is InChI=1S/C17H17N3O3S3/c1-20-6-7-23-15-5-4-13(9-14(15)20)26(21,22)18-10-12-11-25-17(19-12)16-3-2-8-24-16/h2-5,8-9,11,18H,6-7,10H2,1H3. The van der Waals surface area contributed by atoms with Crippen molar-refractivity contribution in [1.29, 1.82) is 0 Å². The molecule has 26 heavy (non-hydrogen) atoms. The summed E-state index contributed by atoms with van der Waals surface area (Å²) in [6.07, 6.45) is 0. The first kappa shape index (κ1) is 17.5. The summed E-state index contributed by atoms with van der Waals surface area (Å²) in [6.45, 7) is 1.49. The van der Waals surface area contributed by atoms with E-state index in [1.54, 1.807) is 29.5 Å². The molecular formula is C17H17N3O3S3. The Morgan fingerprint density at radius 3 is 3.00 bits per heavy atom. The van der Waals surface area contributed by atoms with E-state index >= 15 is 0 Å². The molecule has 0 spiro atoms. The largest absolute Gasteiger partial charge is 0.490 e. The van der Waals surface area contributed by atoms with Gasteiger partial charge in [-0.25, -0.2) is 18.1 Å². The summed E-state index contributed by atoms with van der Waals surface area (Å²) in [5.41, 5.74) is 1.49. The minimum Gasteiger partial charge on any atom is -0.490 e. The van der Waals surface area contributed by atoms with Gasteiger partial charge in [0.15, 0.2) is 0 Å². The Morgan fingerprint density at radius 2 is 2.19 bits per heavy atom. The fourth-order valence-electron chi connectivity index (χ4n) is 2.65. The number of anilines is 1. The van der Waals surface area contributed by atoms with E-state index in [1.165, 1.54) is 11.3 Å². The number of nitrogens with zero attached hydrogens (tertiary/aromatic N) is 2. The van der Waals surface area contributed by atoms with Crippen molar-refractivity contribution < 1.29 is 13.2 Å². The van der Waals surface area contributed by atoms with Crippen LogP contribution in [0.3, 0.4) is 0 Å². The SMILES string of the molecule is CN1CCOc2ccc(S(=O)(=O)NCc3csc(-c4cccs4)n3)cc21. The van der Waals surface area contributed by atoms with Crippen LogP contribution in [0.2, 0.25) is 0 Å². The van der Waals surface area contributed by atoms with Gasteiger partial charge in [0.1, 0.15) is 17.4 Å². The van der Waals surface area contributed by atoms with Gasteiger partial charge in [-0.05, 0) is 29.6 Å². The molecule has 6 nitrogen and oxygen atoms in total. The lowest BCUT2D eigenvalue weighted by atomic mass is 10.2. The first-order valence-electron chi connectivity index (χ1n) is 7.99. The molecule has 0 fully saturated rings. The summed E-state index contributed by atoms with van der Waals surface area (Å²) in [4.78, 5) is 7.81. The molecule has 9 heteroatoms. The summed E-state index contributed by atoms with van der Waals surface area (Å²) >= 11 is 3.13. The molecule has 2 aromatic heterocycles. The number of sulfonamides is 1. The number of benzene rings is 1. The Morgan fingerprint density at radius 1 is 1.31 bits per heavy atom. The predicted molar refractivity (Wildman–Crippen MR) is 105 cm³/mol. The van der Waals surface area contributed by atoms with Crippen molar-refractivity contribution >= 4 is 38.4 Å². The highest BCUT2D eigenvalue weighted by Gasteiger charge is 2.21. The minimum atomic E-state index is -3.62. The zero-order valence-corrected chi connectivity index (χ0v) is 16.5. The minimum absolute atomic E-state index is 0.160. The Bertz CT molecular complexity index is 1010. The summed E-state index contributed by atoms with van der Waals surface area (Å²) in [5.74, 6) is 0.706. The molecule has 3 aromatic rings. The molecule has 1 aromatic carbocycles. The Balaban J connectivity index is 1.50. The first-order valence-corrected chi connectivity index (χ1v) is 11.2. The molecule has 0 aliphatic carbocycles. The molecule has 1 N–H and O–H groups in total. The van der Waals surface area contributed by atoms with Crippen LogP contribution in [0, 0.1) is 0 Å². The van der Waals surface area contributed by atoms with Crippen LogP contribution in [0.4, 0.5) is 5.69 Å². The number of hydrogen-bond donors (Lipinski definition) is 1. The van der Waals surface area contributed by atoms with E-state index in [4.69, 9.17) is 4.74 Å². The highest BCUT2D eigenvalue weighted by atomic mass is 32.2. The predicted octanol–water partition coefficient (Wildman–Crippen LogP) is 3.18. The lowest BCUT2D eigenvalue weighted by Gasteiger charge is -2.28. The number of thiazole rings is 1. The maximum Gasteiger partial charge on any atom is 0.241 e. The zero-order chi connectivity index (χ0) is 18.1. The van der Waals surface area contributed by atoms with Gasteiger partial charge >= 0.3 is 0 Å². The second kappa shape index (κ2) is 6.99. The van der Waals surface area contributed by atoms with Crippen LogP contribution < -0.4 is 14.4 Å². The summed E-state index contributed by atoms with van der Waals surface area (Å²) in [7, 11) is -1.70. The number of thiophene rings is 1. The van der Waals surface area contributed by atoms with Crippen molar-refractivity contribution in [1.82, 2.24) is 9.71 Å². The van der Waals surface area contributed by atoms with Crippen LogP contribution >= 0.6 is 22.7 Å². The van der Waals surface area contributed by atoms with Gasteiger partial charge in [0.05, 0.1) is 34.2 Å². The molecule has 136 valence electrons. The molecule has 0 atom stereocenters. The highest BCUT2D eigenvalue weighted by molar-refractivity contribution is 7.89. The van der Waals surface area contributed by atoms with E-state index in [0.29, 0.717) is 18.1 Å². The number of aromatic nitrogens is 1. The lowest BCUT2D eigenvalue weighted by molar-refractivity contribution is 0.311. The van der Waals surface area contributed by atoms with Crippen LogP contribution in [0.1, 0.15) is 5.69 Å². The molecule has 0 saturated heterocycles. The first-order chi connectivity index (χ1) is 12.5. The molecule has 1 aliphatic rings. The van der Waals surface area contributed by atoms with Crippen molar-refractivity contribution in [3.63, 3.8) is 0 Å². The third-order valence-electron chi connectivity index (χ3n) is 4.06. The summed E-state index contributed by atoms with van der Waals surface area (Å²) in [5, 5.41) is 4.78. The molecular weight excluding hydrogens is 390 g/mol. The molecule has 0 radical (unpaired) electrons. The Labute approximate surface area is 160 Å². The Kier molecular flexibility index (Phi) is 4.70. The second-order valence-electron chi connectivity index (χ2n) is 5.85. The number of ether oxygens (including phenoxy) is 1. The highest BCUT2D eigenvalue weighted by Crippen LogP contribution is 2.33. The van der Waals surface area contributed by atoms with Crippen molar-refractivity contribution in [3.05, 3.63) is 46.8 Å². The summed E-state index contributed by atoms with van der Waals surface area (Å²) < 4.78 is 33.5. The normalized spacial score (nSPS) is 14.1. The van der Waals surface area contributed by atoms with E-state index in [1.807, 2.05) is 34.8 Å². The van der Waals surface area contributed by atoms with Crippen molar-refractivity contribution in [2.45, 2.75) is 11.4 Å². The van der Waals surface area contributed by atoms with E-state index in [0.717, 1.165) is 22.1 Å². The van der Waals surface area contributed by atoms with Gasteiger partial charge in [-0.3, -0.25) is 0 Å². The number of hydrogen-bond acceptors (Lipinski definition) is 7. The van der Waals surface area contributed by atoms with Gasteiger partial charge in [0, 0.05) is 12.4 Å². The van der Waals surface area contributed by atoms with E-state index in [2.05, 4.69) is 9.71 Å². The maximum absolute atomic E-state index is 12.6. The smallest absolute Gasteiger partial charge is 0.241 e. The lowest BCUT2D eigenvalue weighted by Crippen LogP contribution is -2.29. The fraction of sp³-hybridized carbons (Fsp3) is 0.235.